The van der Waals surface area contributed by atoms with Crippen molar-refractivity contribution in [1.82, 2.24) is 19.9 Å². The van der Waals surface area contributed by atoms with Gasteiger partial charge in [0.1, 0.15) is 0 Å². The molecule has 0 aliphatic carbocycles. The van der Waals surface area contributed by atoms with Crippen LogP contribution in [-0.2, 0) is 0 Å². The molecule has 0 unspecified atom stereocenters. The van der Waals surface area contributed by atoms with Gasteiger partial charge in [0.25, 0.3) is 0 Å². The van der Waals surface area contributed by atoms with E-state index in [-0.39, 0.29) is 0 Å². The quantitative estimate of drug-likeness (QED) is 0.159. The van der Waals surface area contributed by atoms with Gasteiger partial charge in [-0.2, -0.15) is 0 Å². The molecule has 0 aliphatic rings. The van der Waals surface area contributed by atoms with Crippen molar-refractivity contribution in [2.75, 3.05) is 0 Å². The lowest BCUT2D eigenvalue weighted by Crippen LogP contribution is -1.88. The van der Waals surface area contributed by atoms with Crippen LogP contribution in [0.1, 0.15) is 0 Å². The maximum absolute atomic E-state index is 4.52. The van der Waals surface area contributed by atoms with Crippen molar-refractivity contribution in [3.8, 4) is 89.5 Å². The van der Waals surface area contributed by atoms with Crippen molar-refractivity contribution in [1.29, 1.82) is 0 Å². The molecule has 0 aliphatic heterocycles. The van der Waals surface area contributed by atoms with E-state index < -0.39 is 0 Å². The summed E-state index contributed by atoms with van der Waals surface area (Å²) in [6.07, 6.45) is 7.29. The van der Waals surface area contributed by atoms with Gasteiger partial charge < -0.3 is 0 Å². The average Bonchev–Trinajstić information content (AvgIpc) is 3.27. The van der Waals surface area contributed by atoms with Crippen LogP contribution < -0.4 is 0 Å². The second-order valence-electron chi connectivity index (χ2n) is 13.2. The molecule has 0 atom stereocenters. The molecular weight excluding hydrogens is 657 g/mol. The van der Waals surface area contributed by atoms with Crippen LogP contribution >= 0.6 is 0 Å². The Morgan fingerprint density at radius 1 is 0.185 bits per heavy atom. The first-order valence-corrected chi connectivity index (χ1v) is 18.0. The molecule has 0 fully saturated rings. The second kappa shape index (κ2) is 14.7. The van der Waals surface area contributed by atoms with Gasteiger partial charge in [0, 0.05) is 24.8 Å². The third kappa shape index (κ3) is 6.97. The Balaban J connectivity index is 0.852. The Bertz CT molecular complexity index is 2450. The van der Waals surface area contributed by atoms with Crippen LogP contribution in [0.3, 0.4) is 0 Å². The van der Waals surface area contributed by atoms with Gasteiger partial charge in [-0.25, -0.2) is 0 Å². The highest BCUT2D eigenvalue weighted by molar-refractivity contribution is 5.78. The summed E-state index contributed by atoms with van der Waals surface area (Å²) in [7, 11) is 0. The number of pyridine rings is 4. The van der Waals surface area contributed by atoms with Crippen molar-refractivity contribution >= 4 is 0 Å². The lowest BCUT2D eigenvalue weighted by Gasteiger charge is -2.09. The first-order chi connectivity index (χ1) is 26.7. The van der Waals surface area contributed by atoms with Gasteiger partial charge in [-0.1, -0.05) is 133 Å². The van der Waals surface area contributed by atoms with E-state index in [2.05, 4.69) is 153 Å². The molecule has 0 amide bonds. The average molecular weight is 691 g/mol. The summed E-state index contributed by atoms with van der Waals surface area (Å²) in [6.45, 7) is 0. The number of rotatable bonds is 8. The SMILES string of the molecule is c1ccc(-c2cc(-c3ccc(-c4ccc(-c5ccc(-c6ccc(-c7ccc(-c8ccnc(-c9ccccn9)c8)cc7)cc6)cc5)cc4)cc3)ccn2)nc1. The Labute approximate surface area is 315 Å². The van der Waals surface area contributed by atoms with E-state index in [1.54, 1.807) is 12.4 Å². The normalized spacial score (nSPS) is 11.0. The van der Waals surface area contributed by atoms with Crippen LogP contribution in [0.5, 0.6) is 0 Å². The zero-order chi connectivity index (χ0) is 36.1. The number of benzene rings is 5. The van der Waals surface area contributed by atoms with Crippen LogP contribution in [0.15, 0.2) is 207 Å². The molecule has 0 saturated carbocycles. The van der Waals surface area contributed by atoms with E-state index in [0.717, 1.165) is 45.0 Å². The van der Waals surface area contributed by atoms with Gasteiger partial charge in [-0.05, 0) is 115 Å². The molecule has 4 heteroatoms. The lowest BCUT2D eigenvalue weighted by atomic mass is 9.96. The molecule has 0 bridgehead atoms. The van der Waals surface area contributed by atoms with Crippen LogP contribution in [-0.4, -0.2) is 19.9 Å². The molecule has 254 valence electrons. The van der Waals surface area contributed by atoms with Gasteiger partial charge in [0.05, 0.1) is 22.8 Å². The first-order valence-electron chi connectivity index (χ1n) is 18.0. The fraction of sp³-hybridized carbons (Fsp3) is 0. The predicted octanol–water partition coefficient (Wildman–Crippen LogP) is 12.6. The predicted molar refractivity (Wildman–Crippen MR) is 221 cm³/mol. The van der Waals surface area contributed by atoms with E-state index >= 15 is 0 Å². The topological polar surface area (TPSA) is 51.6 Å². The highest BCUT2D eigenvalue weighted by Crippen LogP contribution is 2.32. The van der Waals surface area contributed by atoms with Crippen molar-refractivity contribution in [3.05, 3.63) is 207 Å². The summed E-state index contributed by atoms with van der Waals surface area (Å²) in [5, 5.41) is 0. The highest BCUT2D eigenvalue weighted by Gasteiger charge is 2.08. The Kier molecular flexibility index (Phi) is 8.90. The number of hydrogen-bond acceptors (Lipinski definition) is 4. The zero-order valence-corrected chi connectivity index (χ0v) is 29.4. The molecule has 0 radical (unpaired) electrons. The number of nitrogens with zero attached hydrogens (tertiary/aromatic N) is 4. The highest BCUT2D eigenvalue weighted by atomic mass is 14.8. The van der Waals surface area contributed by atoms with E-state index in [9.17, 15) is 0 Å². The van der Waals surface area contributed by atoms with E-state index in [1.807, 2.05) is 60.9 Å². The lowest BCUT2D eigenvalue weighted by molar-refractivity contribution is 1.25. The third-order valence-corrected chi connectivity index (χ3v) is 9.80. The van der Waals surface area contributed by atoms with E-state index in [4.69, 9.17) is 0 Å². The summed E-state index contributed by atoms with van der Waals surface area (Å²) in [4.78, 5) is 17.9. The maximum Gasteiger partial charge on any atom is 0.0892 e. The zero-order valence-electron chi connectivity index (χ0n) is 29.4. The van der Waals surface area contributed by atoms with Gasteiger partial charge >= 0.3 is 0 Å². The van der Waals surface area contributed by atoms with Crippen LogP contribution in [0.2, 0.25) is 0 Å². The summed E-state index contributed by atoms with van der Waals surface area (Å²) >= 11 is 0. The third-order valence-electron chi connectivity index (χ3n) is 9.80. The van der Waals surface area contributed by atoms with Crippen molar-refractivity contribution in [2.45, 2.75) is 0 Å². The standard InChI is InChI=1S/C50H34N4/c1-3-29-51-47(5-1)49-33-45(27-31-53-49)43-23-19-41(20-24-43)39-15-11-37(12-16-39)35-7-9-36(10-8-35)38-13-17-40(18-14-38)42-21-25-44(26-22-42)46-28-32-54-50(34-46)48-6-2-4-30-52-48/h1-34H. The minimum Gasteiger partial charge on any atom is -0.255 e. The Morgan fingerprint density at radius 2 is 0.426 bits per heavy atom. The minimum atomic E-state index is 0.871. The molecule has 4 aromatic heterocycles. The van der Waals surface area contributed by atoms with Gasteiger partial charge in [0.15, 0.2) is 0 Å². The largest absolute Gasteiger partial charge is 0.255 e. The van der Waals surface area contributed by atoms with Crippen molar-refractivity contribution in [3.63, 3.8) is 0 Å². The smallest absolute Gasteiger partial charge is 0.0892 e. The Hall–Kier alpha value is -7.30. The Morgan fingerprint density at radius 3 is 0.667 bits per heavy atom. The van der Waals surface area contributed by atoms with Gasteiger partial charge in [0.2, 0.25) is 0 Å². The van der Waals surface area contributed by atoms with E-state index in [1.165, 1.54) is 44.5 Å². The molecule has 0 spiro atoms. The minimum absolute atomic E-state index is 0.871. The fourth-order valence-electron chi connectivity index (χ4n) is 6.80. The number of aromatic nitrogens is 4. The van der Waals surface area contributed by atoms with Crippen molar-refractivity contribution < 1.29 is 0 Å². The molecular formula is C50H34N4. The second-order valence-corrected chi connectivity index (χ2v) is 13.2. The summed E-state index contributed by atoms with van der Waals surface area (Å²) in [5.74, 6) is 0. The molecule has 0 saturated heterocycles. The molecule has 4 nitrogen and oxygen atoms in total. The summed E-state index contributed by atoms with van der Waals surface area (Å²) < 4.78 is 0. The number of hydrogen-bond donors (Lipinski definition) is 0. The van der Waals surface area contributed by atoms with Crippen LogP contribution in [0.4, 0.5) is 0 Å². The summed E-state index contributed by atoms with van der Waals surface area (Å²) in [5.41, 5.74) is 17.5. The van der Waals surface area contributed by atoms with E-state index in [0.29, 0.717) is 0 Å². The molecule has 4 heterocycles. The monoisotopic (exact) mass is 690 g/mol. The molecule has 5 aromatic carbocycles. The van der Waals surface area contributed by atoms with Crippen molar-refractivity contribution in [2.24, 2.45) is 0 Å². The first kappa shape index (κ1) is 32.6. The van der Waals surface area contributed by atoms with Gasteiger partial charge in [-0.15, -0.1) is 0 Å². The molecule has 9 rings (SSSR count). The maximum atomic E-state index is 4.52. The molecule has 9 aromatic rings. The van der Waals surface area contributed by atoms with Crippen LogP contribution in [0.25, 0.3) is 89.5 Å². The van der Waals surface area contributed by atoms with Crippen LogP contribution in [0, 0.1) is 0 Å². The van der Waals surface area contributed by atoms with Gasteiger partial charge in [-0.3, -0.25) is 19.9 Å². The fourth-order valence-corrected chi connectivity index (χ4v) is 6.80. The summed E-state index contributed by atoms with van der Waals surface area (Å²) in [6, 6.07) is 63.9. The molecule has 0 N–H and O–H groups in total. The molecule has 54 heavy (non-hydrogen) atoms.